The van der Waals surface area contributed by atoms with Crippen LogP contribution in [-0.4, -0.2) is 37.1 Å². The van der Waals surface area contributed by atoms with Gasteiger partial charge in [0.1, 0.15) is 5.76 Å². The van der Waals surface area contributed by atoms with Crippen LogP contribution in [0, 0.1) is 11.3 Å². The molecule has 2 fully saturated rings. The Morgan fingerprint density at radius 3 is 3.17 bits per heavy atom. The van der Waals surface area contributed by atoms with E-state index >= 15 is 0 Å². The number of hydrogen-bond acceptors (Lipinski definition) is 5. The molecule has 0 bridgehead atoms. The third-order valence-corrected chi connectivity index (χ3v) is 5.96. The molecule has 128 valence electrons. The molecule has 1 N–H and O–H groups in total. The van der Waals surface area contributed by atoms with Gasteiger partial charge in [0.05, 0.1) is 26.0 Å². The van der Waals surface area contributed by atoms with E-state index in [1.165, 1.54) is 4.88 Å². The fourth-order valence-electron chi connectivity index (χ4n) is 3.92. The zero-order valence-corrected chi connectivity index (χ0v) is 14.4. The predicted octanol–water partition coefficient (Wildman–Crippen LogP) is 2.50. The monoisotopic (exact) mass is 346 g/mol. The van der Waals surface area contributed by atoms with Crippen LogP contribution in [0.2, 0.25) is 0 Å². The molecule has 2 aromatic heterocycles. The van der Waals surface area contributed by atoms with Crippen molar-refractivity contribution in [3.63, 3.8) is 0 Å². The molecule has 2 aromatic rings. The first-order valence-electron chi connectivity index (χ1n) is 8.35. The summed E-state index contributed by atoms with van der Waals surface area (Å²) in [4.78, 5) is 16.3. The van der Waals surface area contributed by atoms with Gasteiger partial charge in [0.2, 0.25) is 5.91 Å². The van der Waals surface area contributed by atoms with E-state index in [9.17, 15) is 4.79 Å². The van der Waals surface area contributed by atoms with Crippen molar-refractivity contribution in [2.24, 2.45) is 11.3 Å². The predicted molar refractivity (Wildman–Crippen MR) is 91.5 cm³/mol. The summed E-state index contributed by atoms with van der Waals surface area (Å²) < 4.78 is 11.0. The molecular weight excluding hydrogens is 324 g/mol. The number of amides is 1. The van der Waals surface area contributed by atoms with Crippen molar-refractivity contribution in [3.05, 3.63) is 46.5 Å². The van der Waals surface area contributed by atoms with Crippen molar-refractivity contribution in [2.75, 3.05) is 26.3 Å². The lowest BCUT2D eigenvalue weighted by molar-refractivity contribution is -0.124. The minimum Gasteiger partial charge on any atom is -0.467 e. The maximum absolute atomic E-state index is 12.4. The summed E-state index contributed by atoms with van der Waals surface area (Å²) in [6.07, 6.45) is 2.15. The van der Waals surface area contributed by atoms with Gasteiger partial charge in [-0.05, 0) is 23.6 Å². The molecule has 6 heteroatoms. The van der Waals surface area contributed by atoms with Gasteiger partial charge in [0.15, 0.2) is 0 Å². The molecule has 2 aliphatic rings. The van der Waals surface area contributed by atoms with E-state index in [2.05, 4.69) is 27.7 Å². The van der Waals surface area contributed by atoms with E-state index in [1.54, 1.807) is 17.6 Å². The van der Waals surface area contributed by atoms with Gasteiger partial charge in [-0.3, -0.25) is 9.69 Å². The van der Waals surface area contributed by atoms with Crippen molar-refractivity contribution in [2.45, 2.75) is 19.5 Å². The maximum Gasteiger partial charge on any atom is 0.221 e. The summed E-state index contributed by atoms with van der Waals surface area (Å²) in [5.41, 5.74) is -0.0372. The van der Waals surface area contributed by atoms with Gasteiger partial charge in [0.25, 0.3) is 0 Å². The van der Waals surface area contributed by atoms with E-state index in [-0.39, 0.29) is 11.3 Å². The second kappa shape index (κ2) is 6.70. The van der Waals surface area contributed by atoms with Crippen molar-refractivity contribution < 1.29 is 13.9 Å². The van der Waals surface area contributed by atoms with Crippen LogP contribution < -0.4 is 5.32 Å². The number of hydrogen-bond donors (Lipinski definition) is 1. The highest BCUT2D eigenvalue weighted by Gasteiger charge is 2.51. The molecule has 0 unspecified atom stereocenters. The van der Waals surface area contributed by atoms with Crippen LogP contribution in [0.25, 0.3) is 0 Å². The van der Waals surface area contributed by atoms with Crippen LogP contribution in [0.5, 0.6) is 0 Å². The van der Waals surface area contributed by atoms with Gasteiger partial charge in [-0.15, -0.1) is 11.3 Å². The van der Waals surface area contributed by atoms with Crippen molar-refractivity contribution in [1.82, 2.24) is 10.2 Å². The Hall–Kier alpha value is -1.63. The van der Waals surface area contributed by atoms with E-state index < -0.39 is 0 Å². The molecule has 24 heavy (non-hydrogen) atoms. The summed E-state index contributed by atoms with van der Waals surface area (Å²) in [6.45, 7) is 4.84. The molecule has 4 rings (SSSR count). The molecule has 0 saturated carbocycles. The number of carbonyl (C=O) groups excluding carboxylic acids is 1. The molecule has 0 aromatic carbocycles. The number of furan rings is 1. The molecule has 2 aliphatic heterocycles. The molecule has 5 nitrogen and oxygen atoms in total. The average Bonchev–Trinajstić information content (AvgIpc) is 3.30. The first kappa shape index (κ1) is 15.9. The normalized spacial score (nSPS) is 26.6. The maximum atomic E-state index is 12.4. The number of nitrogens with zero attached hydrogens (tertiary/aromatic N) is 1. The lowest BCUT2D eigenvalue weighted by Crippen LogP contribution is -2.37. The molecule has 2 saturated heterocycles. The summed E-state index contributed by atoms with van der Waals surface area (Å²) >= 11 is 1.79. The molecule has 1 amide bonds. The highest BCUT2D eigenvalue weighted by atomic mass is 32.1. The SMILES string of the molecule is O=C(C[C@]12COC[C@H]1CN(Cc1cccs1)C2)NCc1ccco1. The Balaban J connectivity index is 1.36. The Morgan fingerprint density at radius 1 is 1.42 bits per heavy atom. The smallest absolute Gasteiger partial charge is 0.221 e. The van der Waals surface area contributed by atoms with E-state index in [1.807, 2.05) is 12.1 Å². The Bertz CT molecular complexity index is 671. The minimum atomic E-state index is -0.0372. The highest BCUT2D eigenvalue weighted by molar-refractivity contribution is 7.09. The Morgan fingerprint density at radius 2 is 2.38 bits per heavy atom. The quantitative estimate of drug-likeness (QED) is 0.873. The first-order valence-corrected chi connectivity index (χ1v) is 9.23. The van der Waals surface area contributed by atoms with E-state index in [0.717, 1.165) is 32.0 Å². The van der Waals surface area contributed by atoms with E-state index in [4.69, 9.17) is 9.15 Å². The molecule has 0 spiro atoms. The minimum absolute atomic E-state index is 0.0372. The van der Waals surface area contributed by atoms with Gasteiger partial charge >= 0.3 is 0 Å². The Kier molecular flexibility index (Phi) is 4.43. The molecular formula is C18H22N2O3S. The highest BCUT2D eigenvalue weighted by Crippen LogP contribution is 2.44. The van der Waals surface area contributed by atoms with Gasteiger partial charge in [-0.25, -0.2) is 0 Å². The van der Waals surface area contributed by atoms with Crippen LogP contribution in [0.1, 0.15) is 17.1 Å². The average molecular weight is 346 g/mol. The number of nitrogens with one attached hydrogen (secondary N) is 1. The molecule has 4 heterocycles. The van der Waals surface area contributed by atoms with Gasteiger partial charge in [-0.2, -0.15) is 0 Å². The Labute approximate surface area is 145 Å². The van der Waals surface area contributed by atoms with E-state index in [0.29, 0.717) is 25.5 Å². The van der Waals surface area contributed by atoms with Crippen LogP contribution in [0.3, 0.4) is 0 Å². The van der Waals surface area contributed by atoms with Crippen molar-refractivity contribution in [1.29, 1.82) is 0 Å². The number of carbonyl (C=O) groups is 1. The summed E-state index contributed by atoms with van der Waals surface area (Å²) in [5.74, 6) is 1.32. The number of ether oxygens (including phenoxy) is 1. The fraction of sp³-hybridized carbons (Fsp3) is 0.500. The van der Waals surface area contributed by atoms with Crippen molar-refractivity contribution >= 4 is 17.2 Å². The van der Waals surface area contributed by atoms with Gasteiger partial charge in [0, 0.05) is 42.3 Å². The first-order chi connectivity index (χ1) is 11.7. The fourth-order valence-corrected chi connectivity index (χ4v) is 4.66. The standard InChI is InChI=1S/C18H22N2O3S/c21-17(19-8-15-3-1-5-23-15)7-18-12-20(9-14(18)11-22-13-18)10-16-4-2-6-24-16/h1-6,14H,7-13H2,(H,19,21)/t14-,18+/m1/s1. The summed E-state index contributed by atoms with van der Waals surface area (Å²) in [6, 6.07) is 7.98. The van der Waals surface area contributed by atoms with Crippen LogP contribution in [-0.2, 0) is 22.6 Å². The third kappa shape index (κ3) is 3.27. The second-order valence-electron chi connectivity index (χ2n) is 6.86. The van der Waals surface area contributed by atoms with Crippen LogP contribution >= 0.6 is 11.3 Å². The number of thiophene rings is 1. The van der Waals surface area contributed by atoms with Crippen LogP contribution in [0.15, 0.2) is 40.3 Å². The second-order valence-corrected chi connectivity index (χ2v) is 7.89. The lowest BCUT2D eigenvalue weighted by atomic mass is 9.78. The zero-order chi connectivity index (χ0) is 16.4. The van der Waals surface area contributed by atoms with Crippen molar-refractivity contribution in [3.8, 4) is 0 Å². The zero-order valence-electron chi connectivity index (χ0n) is 13.6. The molecule has 0 radical (unpaired) electrons. The summed E-state index contributed by atoms with van der Waals surface area (Å²) in [5, 5.41) is 5.09. The topological polar surface area (TPSA) is 54.7 Å². The summed E-state index contributed by atoms with van der Waals surface area (Å²) in [7, 11) is 0. The van der Waals surface area contributed by atoms with Gasteiger partial charge in [-0.1, -0.05) is 6.07 Å². The molecule has 2 atom stereocenters. The molecule has 0 aliphatic carbocycles. The number of rotatable bonds is 6. The lowest BCUT2D eigenvalue weighted by Gasteiger charge is -2.26. The number of fused-ring (bicyclic) bond motifs is 1. The van der Waals surface area contributed by atoms with Crippen LogP contribution in [0.4, 0.5) is 0 Å². The largest absolute Gasteiger partial charge is 0.467 e. The van der Waals surface area contributed by atoms with Gasteiger partial charge < -0.3 is 14.5 Å². The third-order valence-electron chi connectivity index (χ3n) is 5.10. The number of likely N-dealkylation sites (tertiary alicyclic amines) is 1.